The third-order valence-electron chi connectivity index (χ3n) is 6.68. The van der Waals surface area contributed by atoms with E-state index in [0.29, 0.717) is 40.2 Å². The Balaban J connectivity index is 1.48. The smallest absolute Gasteiger partial charge is 0.274 e. The maximum absolute atomic E-state index is 13.6. The highest BCUT2D eigenvalue weighted by molar-refractivity contribution is 6.14. The Morgan fingerprint density at radius 2 is 1.78 bits per heavy atom. The molecule has 3 aromatic heterocycles. The van der Waals surface area contributed by atoms with Crippen LogP contribution in [-0.4, -0.2) is 42.4 Å². The second-order valence-corrected chi connectivity index (χ2v) is 9.35. The van der Waals surface area contributed by atoms with E-state index in [1.807, 2.05) is 51.1 Å². The monoisotopic (exact) mass is 485 g/mol. The zero-order valence-electron chi connectivity index (χ0n) is 20.9. The zero-order valence-corrected chi connectivity index (χ0v) is 20.9. The average molecular weight is 486 g/mol. The number of rotatable bonds is 6. The molecule has 0 bridgehead atoms. The quantitative estimate of drug-likeness (QED) is 0.416. The maximum atomic E-state index is 13.6. The summed E-state index contributed by atoms with van der Waals surface area (Å²) in [6.07, 6.45) is 7.09. The molecule has 3 heterocycles. The summed E-state index contributed by atoms with van der Waals surface area (Å²) >= 11 is 0. The lowest BCUT2D eigenvalue weighted by Gasteiger charge is -2.22. The van der Waals surface area contributed by atoms with Crippen LogP contribution in [0.15, 0.2) is 42.6 Å². The molecule has 0 radical (unpaired) electrons. The number of pyridine rings is 1. The van der Waals surface area contributed by atoms with Crippen molar-refractivity contribution in [2.75, 3.05) is 5.32 Å². The largest absolute Gasteiger partial charge is 0.348 e. The number of para-hydroxylation sites is 1. The van der Waals surface area contributed by atoms with Crippen LogP contribution >= 0.6 is 0 Å². The van der Waals surface area contributed by atoms with Crippen LogP contribution in [0.25, 0.3) is 16.7 Å². The Hall–Kier alpha value is -4.01. The number of hydrogen-bond acceptors (Lipinski definition) is 5. The molecule has 0 unspecified atom stereocenters. The van der Waals surface area contributed by atoms with Gasteiger partial charge in [-0.2, -0.15) is 10.2 Å². The van der Waals surface area contributed by atoms with Gasteiger partial charge in [-0.15, -0.1) is 0 Å². The molecular formula is C27H31N7O2. The summed E-state index contributed by atoms with van der Waals surface area (Å²) in [5.74, 6) is -0.586. The number of nitrogens with one attached hydrogen (secondary N) is 2. The second kappa shape index (κ2) is 9.93. The molecule has 1 fully saturated rings. The molecule has 5 rings (SSSR count). The van der Waals surface area contributed by atoms with Crippen molar-refractivity contribution in [1.82, 2.24) is 29.9 Å². The van der Waals surface area contributed by atoms with E-state index in [0.717, 1.165) is 31.4 Å². The minimum Gasteiger partial charge on any atom is -0.348 e. The van der Waals surface area contributed by atoms with Gasteiger partial charge >= 0.3 is 0 Å². The third-order valence-corrected chi connectivity index (χ3v) is 6.68. The van der Waals surface area contributed by atoms with Crippen molar-refractivity contribution < 1.29 is 9.59 Å². The van der Waals surface area contributed by atoms with Gasteiger partial charge in [0.25, 0.3) is 11.8 Å². The number of nitrogens with zero attached hydrogens (tertiary/aromatic N) is 5. The van der Waals surface area contributed by atoms with Crippen molar-refractivity contribution in [3.63, 3.8) is 0 Å². The number of aryl methyl sites for hydroxylation is 3. The van der Waals surface area contributed by atoms with E-state index in [4.69, 9.17) is 4.98 Å². The second-order valence-electron chi connectivity index (χ2n) is 9.35. The fourth-order valence-electron chi connectivity index (χ4n) is 4.88. The number of hydrogen-bond donors (Lipinski definition) is 2. The molecule has 1 aliphatic rings. The lowest BCUT2D eigenvalue weighted by molar-refractivity contribution is 0.0922. The average Bonchev–Trinajstić information content (AvgIpc) is 3.45. The molecule has 9 heteroatoms. The minimum absolute atomic E-state index is 0.149. The van der Waals surface area contributed by atoms with Crippen LogP contribution in [0.3, 0.4) is 0 Å². The van der Waals surface area contributed by atoms with E-state index in [1.54, 1.807) is 21.6 Å². The van der Waals surface area contributed by atoms with E-state index in [1.165, 1.54) is 6.42 Å². The highest BCUT2D eigenvalue weighted by Gasteiger charge is 2.25. The highest BCUT2D eigenvalue weighted by Crippen LogP contribution is 2.26. The van der Waals surface area contributed by atoms with Gasteiger partial charge in [0.1, 0.15) is 0 Å². The van der Waals surface area contributed by atoms with Crippen LogP contribution in [0.1, 0.15) is 71.3 Å². The summed E-state index contributed by atoms with van der Waals surface area (Å²) in [5, 5.41) is 15.8. The Morgan fingerprint density at radius 1 is 1.03 bits per heavy atom. The van der Waals surface area contributed by atoms with Gasteiger partial charge in [0.15, 0.2) is 11.3 Å². The van der Waals surface area contributed by atoms with Gasteiger partial charge in [0, 0.05) is 24.5 Å². The van der Waals surface area contributed by atoms with Gasteiger partial charge in [0.2, 0.25) is 0 Å². The van der Waals surface area contributed by atoms with E-state index >= 15 is 0 Å². The SMILES string of the molecule is CCn1cc(NC(=O)c2cc(C)nc3c2c(C)nn3-c2ccccc2)c(C(=O)NC2CCCCC2)n1. The fourth-order valence-corrected chi connectivity index (χ4v) is 4.88. The van der Waals surface area contributed by atoms with Gasteiger partial charge in [-0.1, -0.05) is 37.5 Å². The normalized spacial score (nSPS) is 14.2. The van der Waals surface area contributed by atoms with Crippen molar-refractivity contribution >= 4 is 28.5 Å². The summed E-state index contributed by atoms with van der Waals surface area (Å²) in [5.41, 5.74) is 3.96. The number of benzene rings is 1. The molecule has 36 heavy (non-hydrogen) atoms. The molecule has 0 atom stereocenters. The van der Waals surface area contributed by atoms with E-state index in [9.17, 15) is 9.59 Å². The summed E-state index contributed by atoms with van der Waals surface area (Å²) in [6.45, 7) is 6.25. The number of carbonyl (C=O) groups excluding carboxylic acids is 2. The molecule has 186 valence electrons. The van der Waals surface area contributed by atoms with Crippen LogP contribution in [0.4, 0.5) is 5.69 Å². The number of amides is 2. The van der Waals surface area contributed by atoms with Gasteiger partial charge in [-0.3, -0.25) is 14.3 Å². The summed E-state index contributed by atoms with van der Waals surface area (Å²) in [4.78, 5) is 31.4. The predicted octanol–water partition coefficient (Wildman–Crippen LogP) is 4.57. The predicted molar refractivity (Wildman–Crippen MR) is 139 cm³/mol. The Morgan fingerprint density at radius 3 is 2.50 bits per heavy atom. The van der Waals surface area contributed by atoms with Crippen molar-refractivity contribution in [2.24, 2.45) is 0 Å². The van der Waals surface area contributed by atoms with E-state index in [2.05, 4.69) is 20.8 Å². The van der Waals surface area contributed by atoms with Crippen molar-refractivity contribution in [1.29, 1.82) is 0 Å². The first-order chi connectivity index (χ1) is 17.4. The molecule has 1 saturated carbocycles. The molecule has 4 aromatic rings. The summed E-state index contributed by atoms with van der Waals surface area (Å²) < 4.78 is 3.42. The summed E-state index contributed by atoms with van der Waals surface area (Å²) in [7, 11) is 0. The van der Waals surface area contributed by atoms with Crippen LogP contribution in [0.2, 0.25) is 0 Å². The Bertz CT molecular complexity index is 1420. The lowest BCUT2D eigenvalue weighted by Crippen LogP contribution is -2.36. The Labute approximate surface area is 209 Å². The fraction of sp³-hybridized carbons (Fsp3) is 0.370. The molecule has 2 amide bonds. The van der Waals surface area contributed by atoms with Crippen LogP contribution in [-0.2, 0) is 6.54 Å². The molecule has 1 aromatic carbocycles. The highest BCUT2D eigenvalue weighted by atomic mass is 16.2. The van der Waals surface area contributed by atoms with Gasteiger partial charge in [-0.05, 0) is 51.8 Å². The first-order valence-corrected chi connectivity index (χ1v) is 12.6. The van der Waals surface area contributed by atoms with Crippen LogP contribution in [0.5, 0.6) is 0 Å². The van der Waals surface area contributed by atoms with E-state index in [-0.39, 0.29) is 23.6 Å². The molecule has 0 spiro atoms. The zero-order chi connectivity index (χ0) is 25.2. The minimum atomic E-state index is -0.330. The van der Waals surface area contributed by atoms with Crippen LogP contribution in [0, 0.1) is 13.8 Å². The molecule has 2 N–H and O–H groups in total. The van der Waals surface area contributed by atoms with Crippen molar-refractivity contribution in [3.8, 4) is 5.69 Å². The molecule has 1 aliphatic carbocycles. The standard InChI is InChI=1S/C27H31N7O2/c1-4-33-16-22(24(32-33)27(36)29-19-11-7-5-8-12-19)30-26(35)21-15-17(2)28-25-23(21)18(3)31-34(25)20-13-9-6-10-14-20/h6,9-10,13-16,19H,4-5,7-8,11-12H2,1-3H3,(H,29,36)(H,30,35). The Kier molecular flexibility index (Phi) is 6.54. The van der Waals surface area contributed by atoms with Gasteiger partial charge < -0.3 is 10.6 Å². The lowest BCUT2D eigenvalue weighted by atomic mass is 9.95. The molecule has 9 nitrogen and oxygen atoms in total. The maximum Gasteiger partial charge on any atom is 0.274 e. The first kappa shape index (κ1) is 23.7. The van der Waals surface area contributed by atoms with Crippen molar-refractivity contribution in [2.45, 2.75) is 65.5 Å². The third kappa shape index (κ3) is 4.60. The molecule has 0 aliphatic heterocycles. The number of aromatic nitrogens is 5. The van der Waals surface area contributed by atoms with Gasteiger partial charge in [0.05, 0.1) is 28.0 Å². The molecular weight excluding hydrogens is 454 g/mol. The van der Waals surface area contributed by atoms with E-state index < -0.39 is 0 Å². The number of anilines is 1. The number of fused-ring (bicyclic) bond motifs is 1. The molecule has 0 saturated heterocycles. The number of carbonyl (C=O) groups is 2. The summed E-state index contributed by atoms with van der Waals surface area (Å²) in [6, 6.07) is 11.6. The van der Waals surface area contributed by atoms with Crippen LogP contribution < -0.4 is 10.6 Å². The van der Waals surface area contributed by atoms with Gasteiger partial charge in [-0.25, -0.2) is 9.67 Å². The topological polar surface area (TPSA) is 107 Å². The van der Waals surface area contributed by atoms with Crippen molar-refractivity contribution in [3.05, 3.63) is 65.2 Å². The first-order valence-electron chi connectivity index (χ1n) is 12.6.